The highest BCUT2D eigenvalue weighted by Crippen LogP contribution is 2.44. The fraction of sp³-hybridized carbons (Fsp3) is 0.240. The highest BCUT2D eigenvalue weighted by molar-refractivity contribution is 5.83. The van der Waals surface area contributed by atoms with E-state index in [0.717, 1.165) is 22.3 Å². The Balaban J connectivity index is 1.48. The van der Waals surface area contributed by atoms with Crippen molar-refractivity contribution in [1.29, 1.82) is 0 Å². The van der Waals surface area contributed by atoms with Crippen LogP contribution in [-0.2, 0) is 14.3 Å². The molecular weight excluding hydrogens is 392 g/mol. The maximum Gasteiger partial charge on any atom is 0.408 e. The zero-order valence-corrected chi connectivity index (χ0v) is 17.4. The van der Waals surface area contributed by atoms with E-state index >= 15 is 0 Å². The average Bonchev–Trinajstić information content (AvgIpc) is 3.10. The second-order valence-electron chi connectivity index (χ2n) is 7.67. The number of ether oxygens (including phenoxy) is 2. The predicted octanol–water partition coefficient (Wildman–Crippen LogP) is 4.61. The summed E-state index contributed by atoms with van der Waals surface area (Å²) in [5, 5.41) is 2.63. The molecule has 1 unspecified atom stereocenters. The van der Waals surface area contributed by atoms with E-state index in [1.165, 1.54) is 6.20 Å². The Morgan fingerprint density at radius 1 is 0.968 bits per heavy atom. The summed E-state index contributed by atoms with van der Waals surface area (Å²) in [5.41, 5.74) is 5.09. The van der Waals surface area contributed by atoms with Gasteiger partial charge in [-0.25, -0.2) is 9.59 Å². The lowest BCUT2D eigenvalue weighted by atomic mass is 9.98. The van der Waals surface area contributed by atoms with Gasteiger partial charge in [0.15, 0.2) is 6.04 Å². The van der Waals surface area contributed by atoms with Crippen molar-refractivity contribution in [2.75, 3.05) is 6.61 Å². The molecule has 1 aromatic heterocycles. The minimum Gasteiger partial charge on any atom is -0.461 e. The zero-order valence-electron chi connectivity index (χ0n) is 17.4. The number of hydrogen-bond donors (Lipinski definition) is 1. The SMILES string of the molecule is CC(C)OC(=O)C(NC(=O)OCC1c2ccccc2-c2ccccc21)c1cccnc1. The molecule has 0 radical (unpaired) electrons. The Kier molecular flexibility index (Phi) is 5.98. The number of alkyl carbamates (subject to hydrolysis) is 1. The lowest BCUT2D eigenvalue weighted by Gasteiger charge is -2.20. The van der Waals surface area contributed by atoms with Gasteiger partial charge < -0.3 is 14.8 Å². The molecule has 1 atom stereocenters. The van der Waals surface area contributed by atoms with E-state index in [9.17, 15) is 9.59 Å². The zero-order chi connectivity index (χ0) is 21.8. The number of benzene rings is 2. The second kappa shape index (κ2) is 9.00. The van der Waals surface area contributed by atoms with Crippen molar-refractivity contribution in [1.82, 2.24) is 10.3 Å². The van der Waals surface area contributed by atoms with Gasteiger partial charge in [-0.05, 0) is 42.2 Å². The second-order valence-corrected chi connectivity index (χ2v) is 7.67. The van der Waals surface area contributed by atoms with E-state index in [-0.39, 0.29) is 18.6 Å². The lowest BCUT2D eigenvalue weighted by molar-refractivity contribution is -0.150. The molecule has 1 amide bonds. The van der Waals surface area contributed by atoms with Gasteiger partial charge in [0, 0.05) is 23.9 Å². The van der Waals surface area contributed by atoms with Crippen molar-refractivity contribution in [3.8, 4) is 11.1 Å². The minimum atomic E-state index is -0.994. The summed E-state index contributed by atoms with van der Waals surface area (Å²) in [6.07, 6.45) is 2.13. The summed E-state index contributed by atoms with van der Waals surface area (Å²) >= 11 is 0. The molecule has 0 fully saturated rings. The predicted molar refractivity (Wildman–Crippen MR) is 116 cm³/mol. The van der Waals surface area contributed by atoms with Crippen LogP contribution in [0, 0.1) is 0 Å². The molecule has 0 aliphatic heterocycles. The number of pyridine rings is 1. The van der Waals surface area contributed by atoms with Crippen molar-refractivity contribution in [2.45, 2.75) is 31.9 Å². The number of rotatable bonds is 6. The molecule has 158 valence electrons. The smallest absolute Gasteiger partial charge is 0.408 e. The number of esters is 1. The Hall–Kier alpha value is -3.67. The molecule has 3 aromatic rings. The van der Waals surface area contributed by atoms with Gasteiger partial charge in [0.05, 0.1) is 6.10 Å². The van der Waals surface area contributed by atoms with Crippen molar-refractivity contribution < 1.29 is 19.1 Å². The standard InChI is InChI=1S/C25H24N2O4/c1-16(2)31-24(28)23(17-8-7-13-26-14-17)27-25(29)30-15-22-20-11-5-3-9-18(20)19-10-4-6-12-21(19)22/h3-14,16,22-23H,15H2,1-2H3,(H,27,29). The number of carbonyl (C=O) groups is 2. The first-order chi connectivity index (χ1) is 15.0. The Morgan fingerprint density at radius 3 is 2.19 bits per heavy atom. The van der Waals surface area contributed by atoms with E-state index in [2.05, 4.69) is 34.6 Å². The third-order valence-electron chi connectivity index (χ3n) is 5.21. The van der Waals surface area contributed by atoms with E-state index in [1.807, 2.05) is 24.3 Å². The first-order valence-electron chi connectivity index (χ1n) is 10.3. The number of fused-ring (bicyclic) bond motifs is 3. The van der Waals surface area contributed by atoms with Crippen molar-refractivity contribution >= 4 is 12.1 Å². The quantitative estimate of drug-likeness (QED) is 0.594. The molecule has 0 bridgehead atoms. The fourth-order valence-corrected chi connectivity index (χ4v) is 3.88. The molecule has 1 N–H and O–H groups in total. The van der Waals surface area contributed by atoms with Crippen LogP contribution in [0.25, 0.3) is 11.1 Å². The minimum absolute atomic E-state index is 0.0578. The van der Waals surface area contributed by atoms with Crippen LogP contribution in [-0.4, -0.2) is 29.8 Å². The number of nitrogens with one attached hydrogen (secondary N) is 1. The lowest BCUT2D eigenvalue weighted by Crippen LogP contribution is -2.36. The number of amides is 1. The Bertz CT molecular complexity index is 1040. The van der Waals surface area contributed by atoms with Crippen LogP contribution in [0.3, 0.4) is 0 Å². The van der Waals surface area contributed by atoms with Crippen LogP contribution in [0.15, 0.2) is 73.1 Å². The maximum absolute atomic E-state index is 12.6. The van der Waals surface area contributed by atoms with E-state index in [0.29, 0.717) is 5.56 Å². The van der Waals surface area contributed by atoms with Gasteiger partial charge >= 0.3 is 12.1 Å². The van der Waals surface area contributed by atoms with Crippen LogP contribution < -0.4 is 5.32 Å². The van der Waals surface area contributed by atoms with E-state index in [4.69, 9.17) is 9.47 Å². The summed E-state index contributed by atoms with van der Waals surface area (Å²) < 4.78 is 10.9. The summed E-state index contributed by atoms with van der Waals surface area (Å²) in [5.74, 6) is -0.617. The largest absolute Gasteiger partial charge is 0.461 e. The highest BCUT2D eigenvalue weighted by atomic mass is 16.6. The van der Waals surface area contributed by atoms with Crippen molar-refractivity contribution in [3.05, 3.63) is 89.7 Å². The van der Waals surface area contributed by atoms with Crippen molar-refractivity contribution in [2.24, 2.45) is 0 Å². The third-order valence-corrected chi connectivity index (χ3v) is 5.21. The normalized spacial score (nSPS) is 13.3. The molecule has 0 saturated carbocycles. The van der Waals surface area contributed by atoms with Crippen LogP contribution in [0.2, 0.25) is 0 Å². The maximum atomic E-state index is 12.6. The summed E-state index contributed by atoms with van der Waals surface area (Å²) in [6, 6.07) is 18.7. The molecule has 2 aromatic carbocycles. The van der Waals surface area contributed by atoms with Gasteiger partial charge in [-0.15, -0.1) is 0 Å². The van der Waals surface area contributed by atoms with Gasteiger partial charge in [-0.2, -0.15) is 0 Å². The highest BCUT2D eigenvalue weighted by Gasteiger charge is 2.30. The van der Waals surface area contributed by atoms with Gasteiger partial charge in [-0.3, -0.25) is 4.98 Å². The van der Waals surface area contributed by atoms with E-state index < -0.39 is 18.1 Å². The van der Waals surface area contributed by atoms with Crippen molar-refractivity contribution in [3.63, 3.8) is 0 Å². The molecule has 1 aliphatic rings. The molecule has 1 heterocycles. The molecule has 0 saturated heterocycles. The summed E-state index contributed by atoms with van der Waals surface area (Å²) in [7, 11) is 0. The topological polar surface area (TPSA) is 77.5 Å². The molecule has 1 aliphatic carbocycles. The first-order valence-corrected chi connectivity index (χ1v) is 10.3. The molecule has 0 spiro atoms. The molecule has 6 heteroatoms. The molecule has 6 nitrogen and oxygen atoms in total. The molecule has 31 heavy (non-hydrogen) atoms. The molecular formula is C25H24N2O4. The van der Waals surface area contributed by atoms with Gasteiger partial charge in [0.25, 0.3) is 0 Å². The Labute approximate surface area is 181 Å². The van der Waals surface area contributed by atoms with Gasteiger partial charge in [-0.1, -0.05) is 54.6 Å². The molecule has 4 rings (SSSR count). The van der Waals surface area contributed by atoms with Crippen LogP contribution in [0.5, 0.6) is 0 Å². The van der Waals surface area contributed by atoms with Gasteiger partial charge in [0.1, 0.15) is 6.61 Å². The summed E-state index contributed by atoms with van der Waals surface area (Å²) in [6.45, 7) is 3.68. The first kappa shape index (κ1) is 20.6. The Morgan fingerprint density at radius 2 is 1.61 bits per heavy atom. The third kappa shape index (κ3) is 4.43. The number of nitrogens with zero attached hydrogens (tertiary/aromatic N) is 1. The number of hydrogen-bond acceptors (Lipinski definition) is 5. The van der Waals surface area contributed by atoms with Gasteiger partial charge in [0.2, 0.25) is 0 Å². The average molecular weight is 416 g/mol. The monoisotopic (exact) mass is 416 g/mol. The van der Waals surface area contributed by atoms with E-state index in [1.54, 1.807) is 32.2 Å². The summed E-state index contributed by atoms with van der Waals surface area (Å²) in [4.78, 5) is 29.2. The number of carbonyl (C=O) groups excluding carboxylic acids is 2. The van der Waals surface area contributed by atoms with Crippen LogP contribution >= 0.6 is 0 Å². The van der Waals surface area contributed by atoms with Crippen LogP contribution in [0.4, 0.5) is 4.79 Å². The number of aromatic nitrogens is 1. The van der Waals surface area contributed by atoms with Crippen LogP contribution in [0.1, 0.15) is 42.5 Å². The fourth-order valence-electron chi connectivity index (χ4n) is 3.88.